The zero-order chi connectivity index (χ0) is 29.5. The van der Waals surface area contributed by atoms with E-state index in [0.717, 1.165) is 39.3 Å². The molecule has 0 bridgehead atoms. The van der Waals surface area contributed by atoms with Crippen molar-refractivity contribution in [2.75, 3.05) is 23.0 Å². The van der Waals surface area contributed by atoms with Gasteiger partial charge in [-0.2, -0.15) is 5.26 Å². The third-order valence-corrected chi connectivity index (χ3v) is 8.59. The predicted molar refractivity (Wildman–Crippen MR) is 166 cm³/mol. The number of carbonyl (C=O) groups is 2. The third-order valence-electron chi connectivity index (χ3n) is 6.47. The van der Waals surface area contributed by atoms with Crippen molar-refractivity contribution in [3.05, 3.63) is 94.6 Å². The lowest BCUT2D eigenvalue weighted by Crippen LogP contribution is -2.12. The van der Waals surface area contributed by atoms with Crippen LogP contribution in [0.15, 0.2) is 78.0 Å². The van der Waals surface area contributed by atoms with Crippen LogP contribution in [0.5, 0.6) is 0 Å². The monoisotopic (exact) mass is 596 g/mol. The number of thiophene rings is 1. The van der Waals surface area contributed by atoms with Crippen LogP contribution in [0.25, 0.3) is 16.5 Å². The minimum absolute atomic E-state index is 0.173. The van der Waals surface area contributed by atoms with E-state index in [0.29, 0.717) is 32.9 Å². The molecule has 0 saturated heterocycles. The molecule has 1 amide bonds. The second-order valence-corrected chi connectivity index (χ2v) is 11.3. The molecule has 0 saturated carbocycles. The number of anilines is 2. The number of para-hydroxylation sites is 1. The molecule has 3 aromatic carbocycles. The fourth-order valence-corrected chi connectivity index (χ4v) is 6.43. The number of thioether (sulfide) groups is 1. The molecule has 0 unspecified atom stereocenters. The van der Waals surface area contributed by atoms with Gasteiger partial charge in [0.2, 0.25) is 5.91 Å². The smallest absolute Gasteiger partial charge is 0.348 e. The zero-order valence-electron chi connectivity index (χ0n) is 23.1. The van der Waals surface area contributed by atoms with Gasteiger partial charge in [0.1, 0.15) is 15.9 Å². The number of nitriles is 1. The average Bonchev–Trinajstić information content (AvgIpc) is 3.56. The molecule has 0 aliphatic rings. The van der Waals surface area contributed by atoms with Crippen molar-refractivity contribution in [3.63, 3.8) is 0 Å². The second kappa shape index (κ2) is 13.3. The highest BCUT2D eigenvalue weighted by Crippen LogP contribution is 2.33. The van der Waals surface area contributed by atoms with E-state index >= 15 is 0 Å². The van der Waals surface area contributed by atoms with Crippen molar-refractivity contribution >= 4 is 56.4 Å². The van der Waals surface area contributed by atoms with Crippen LogP contribution in [-0.4, -0.2) is 39.0 Å². The minimum Gasteiger partial charge on any atom is -0.462 e. The van der Waals surface area contributed by atoms with Crippen molar-refractivity contribution in [1.29, 1.82) is 5.26 Å². The number of nitrogens with one attached hydrogen (secondary N) is 2. The number of carbonyl (C=O) groups excluding carboxylic acids is 2. The molecule has 0 fully saturated rings. The van der Waals surface area contributed by atoms with Gasteiger partial charge in [-0.3, -0.25) is 9.36 Å². The SMILES string of the molecule is CCOC(=O)c1sc(NC(=O)CCSc2nnc(CNc3cccc4ccccc34)n2-c2ccccc2)c(C#N)c1C. The van der Waals surface area contributed by atoms with Gasteiger partial charge in [0.25, 0.3) is 0 Å². The summed E-state index contributed by atoms with van der Waals surface area (Å²) in [4.78, 5) is 25.4. The Balaban J connectivity index is 1.28. The van der Waals surface area contributed by atoms with Gasteiger partial charge in [-0.15, -0.1) is 21.5 Å². The van der Waals surface area contributed by atoms with Crippen molar-refractivity contribution < 1.29 is 14.3 Å². The Morgan fingerprint density at radius 2 is 1.81 bits per heavy atom. The van der Waals surface area contributed by atoms with E-state index in [4.69, 9.17) is 4.74 Å². The highest BCUT2D eigenvalue weighted by Gasteiger charge is 2.22. The number of aromatic nitrogens is 3. The van der Waals surface area contributed by atoms with Gasteiger partial charge in [-0.25, -0.2) is 4.79 Å². The summed E-state index contributed by atoms with van der Waals surface area (Å²) in [6.45, 7) is 4.07. The summed E-state index contributed by atoms with van der Waals surface area (Å²) in [5.41, 5.74) is 2.71. The van der Waals surface area contributed by atoms with Gasteiger partial charge in [-0.1, -0.05) is 66.4 Å². The van der Waals surface area contributed by atoms with Gasteiger partial charge < -0.3 is 15.4 Å². The summed E-state index contributed by atoms with van der Waals surface area (Å²) >= 11 is 2.48. The molecule has 0 aliphatic heterocycles. The van der Waals surface area contributed by atoms with Crippen molar-refractivity contribution in [3.8, 4) is 11.8 Å². The summed E-state index contributed by atoms with van der Waals surface area (Å²) in [5.74, 6) is 0.406. The van der Waals surface area contributed by atoms with Gasteiger partial charge in [0.15, 0.2) is 11.0 Å². The van der Waals surface area contributed by atoms with Crippen LogP contribution >= 0.6 is 23.1 Å². The quantitative estimate of drug-likeness (QED) is 0.130. The number of ether oxygens (including phenoxy) is 1. The van der Waals surface area contributed by atoms with Gasteiger partial charge in [0, 0.05) is 28.9 Å². The van der Waals surface area contributed by atoms with Crippen LogP contribution in [-0.2, 0) is 16.1 Å². The highest BCUT2D eigenvalue weighted by molar-refractivity contribution is 7.99. The van der Waals surface area contributed by atoms with Gasteiger partial charge >= 0.3 is 5.97 Å². The van der Waals surface area contributed by atoms with E-state index < -0.39 is 5.97 Å². The first-order valence-corrected chi connectivity index (χ1v) is 15.1. The minimum atomic E-state index is -0.501. The summed E-state index contributed by atoms with van der Waals surface area (Å²) in [5, 5.41) is 28.1. The first-order valence-electron chi connectivity index (χ1n) is 13.3. The predicted octanol–water partition coefficient (Wildman–Crippen LogP) is 6.57. The Hall–Kier alpha value is -4.66. The van der Waals surface area contributed by atoms with Crippen LogP contribution in [0.2, 0.25) is 0 Å². The molecule has 9 nitrogen and oxygen atoms in total. The number of esters is 1. The van der Waals surface area contributed by atoms with Crippen molar-refractivity contribution in [2.45, 2.75) is 32.0 Å². The largest absolute Gasteiger partial charge is 0.462 e. The number of rotatable bonds is 11. The van der Waals surface area contributed by atoms with Crippen LogP contribution in [0, 0.1) is 18.3 Å². The van der Waals surface area contributed by atoms with E-state index in [9.17, 15) is 14.9 Å². The number of benzene rings is 3. The number of hydrogen-bond acceptors (Lipinski definition) is 9. The molecule has 2 N–H and O–H groups in total. The Morgan fingerprint density at radius 3 is 2.60 bits per heavy atom. The molecule has 0 spiro atoms. The normalized spacial score (nSPS) is 10.8. The fraction of sp³-hybridized carbons (Fsp3) is 0.194. The van der Waals surface area contributed by atoms with Crippen LogP contribution < -0.4 is 10.6 Å². The zero-order valence-corrected chi connectivity index (χ0v) is 24.7. The van der Waals surface area contributed by atoms with Crippen LogP contribution in [0.4, 0.5) is 10.7 Å². The molecular weight excluding hydrogens is 569 g/mol. The third kappa shape index (κ3) is 6.30. The molecule has 11 heteroatoms. The van der Waals surface area contributed by atoms with Gasteiger partial charge in [-0.05, 0) is 43.0 Å². The van der Waals surface area contributed by atoms with E-state index in [2.05, 4.69) is 45.1 Å². The first-order chi connectivity index (χ1) is 20.5. The van der Waals surface area contributed by atoms with Gasteiger partial charge in [0.05, 0.1) is 18.7 Å². The average molecular weight is 597 g/mol. The lowest BCUT2D eigenvalue weighted by atomic mass is 10.1. The second-order valence-electron chi connectivity index (χ2n) is 9.19. The molecule has 0 radical (unpaired) electrons. The molecule has 212 valence electrons. The maximum atomic E-state index is 12.8. The maximum Gasteiger partial charge on any atom is 0.348 e. The Kier molecular flexibility index (Phi) is 9.16. The van der Waals surface area contributed by atoms with Crippen molar-refractivity contribution in [2.24, 2.45) is 0 Å². The van der Waals surface area contributed by atoms with Crippen LogP contribution in [0.1, 0.15) is 40.0 Å². The summed E-state index contributed by atoms with van der Waals surface area (Å²) in [7, 11) is 0. The maximum absolute atomic E-state index is 12.8. The van der Waals surface area contributed by atoms with Crippen molar-refractivity contribution in [1.82, 2.24) is 14.8 Å². The molecule has 2 heterocycles. The summed E-state index contributed by atoms with van der Waals surface area (Å²) in [6, 6.07) is 26.3. The standard InChI is InChI=1S/C31H28N6O3S2/c1-3-40-30(39)28-20(2)24(18-32)29(42-28)34-27(38)16-17-41-31-36-35-26(37(31)22-12-5-4-6-13-22)19-33-25-15-9-11-21-10-7-8-14-23(21)25/h4-15,33H,3,16-17,19H2,1-2H3,(H,34,38). The molecule has 5 rings (SSSR count). The Labute approximate surface area is 251 Å². The Morgan fingerprint density at radius 1 is 1.05 bits per heavy atom. The molecule has 0 aliphatic carbocycles. The lowest BCUT2D eigenvalue weighted by Gasteiger charge is -2.12. The lowest BCUT2D eigenvalue weighted by molar-refractivity contribution is -0.115. The first kappa shape index (κ1) is 28.9. The molecule has 42 heavy (non-hydrogen) atoms. The van der Waals surface area contributed by atoms with E-state index in [1.807, 2.05) is 59.2 Å². The van der Waals surface area contributed by atoms with E-state index in [1.165, 1.54) is 11.8 Å². The number of fused-ring (bicyclic) bond motifs is 1. The molecule has 2 aromatic heterocycles. The number of amides is 1. The summed E-state index contributed by atoms with van der Waals surface area (Å²) in [6.07, 6.45) is 0.173. The molecule has 5 aromatic rings. The fourth-order valence-electron chi connectivity index (χ4n) is 4.45. The topological polar surface area (TPSA) is 122 Å². The summed E-state index contributed by atoms with van der Waals surface area (Å²) < 4.78 is 7.07. The number of hydrogen-bond donors (Lipinski definition) is 2. The molecule has 0 atom stereocenters. The Bertz CT molecular complexity index is 1770. The van der Waals surface area contributed by atoms with E-state index in [1.54, 1.807) is 13.8 Å². The number of nitrogens with zero attached hydrogens (tertiary/aromatic N) is 4. The highest BCUT2D eigenvalue weighted by atomic mass is 32.2. The van der Waals surface area contributed by atoms with E-state index in [-0.39, 0.29) is 24.5 Å². The van der Waals surface area contributed by atoms with Crippen LogP contribution in [0.3, 0.4) is 0 Å². The molecular formula is C31H28N6O3S2.